The van der Waals surface area contributed by atoms with Crippen molar-refractivity contribution in [2.45, 2.75) is 64.8 Å². The third-order valence-corrected chi connectivity index (χ3v) is 9.23. The fourth-order valence-corrected chi connectivity index (χ4v) is 7.17. The van der Waals surface area contributed by atoms with E-state index in [1.54, 1.807) is 14.2 Å². The lowest BCUT2D eigenvalue weighted by atomic mass is 9.54. The second-order valence-electron chi connectivity index (χ2n) is 10.6. The lowest BCUT2D eigenvalue weighted by Gasteiger charge is -2.50. The normalized spacial score (nSPS) is 30.8. The van der Waals surface area contributed by atoms with Crippen LogP contribution < -0.4 is 14.8 Å². The molecule has 0 saturated heterocycles. The zero-order valence-corrected chi connectivity index (χ0v) is 19.9. The highest BCUT2D eigenvalue weighted by molar-refractivity contribution is 5.55. The molecule has 32 heavy (non-hydrogen) atoms. The molecule has 0 aromatic heterocycles. The van der Waals surface area contributed by atoms with E-state index >= 15 is 0 Å². The quantitative estimate of drug-likeness (QED) is 0.562. The first-order valence-corrected chi connectivity index (χ1v) is 12.2. The number of phenolic OH excluding ortho intramolecular Hbond substituents is 1. The minimum atomic E-state index is 0.402. The van der Waals surface area contributed by atoms with Gasteiger partial charge in [0, 0.05) is 36.0 Å². The zero-order valence-electron chi connectivity index (χ0n) is 19.9. The van der Waals surface area contributed by atoms with Gasteiger partial charge in [0.25, 0.3) is 0 Å². The van der Waals surface area contributed by atoms with Gasteiger partial charge in [-0.05, 0) is 90.9 Å². The number of nitrogens with one attached hydrogen (secondary N) is 1. The average molecular weight is 436 g/mol. The monoisotopic (exact) mass is 435 g/mol. The van der Waals surface area contributed by atoms with Crippen molar-refractivity contribution in [2.24, 2.45) is 23.2 Å². The molecule has 2 fully saturated rings. The minimum Gasteiger partial charge on any atom is -0.508 e. The van der Waals surface area contributed by atoms with Gasteiger partial charge >= 0.3 is 0 Å². The molecule has 4 heteroatoms. The van der Waals surface area contributed by atoms with Gasteiger partial charge in [0.1, 0.15) is 17.2 Å². The maximum atomic E-state index is 10.8. The summed E-state index contributed by atoms with van der Waals surface area (Å²) in [5.41, 5.74) is 5.29. The van der Waals surface area contributed by atoms with E-state index in [1.165, 1.54) is 43.2 Å². The summed E-state index contributed by atoms with van der Waals surface area (Å²) in [7, 11) is 3.31. The molecule has 5 rings (SSSR count). The van der Waals surface area contributed by atoms with Crippen LogP contribution >= 0.6 is 0 Å². The lowest BCUT2D eigenvalue weighted by Crippen LogP contribution is -2.41. The minimum absolute atomic E-state index is 0.402. The summed E-state index contributed by atoms with van der Waals surface area (Å²) in [4.78, 5) is 0. The summed E-state index contributed by atoms with van der Waals surface area (Å²) in [6.07, 6.45) is 7.82. The number of anilines is 1. The highest BCUT2D eigenvalue weighted by atomic mass is 16.5. The number of aromatic hydroxyl groups is 1. The molecule has 0 heterocycles. The smallest absolute Gasteiger partial charge is 0.124 e. The highest BCUT2D eigenvalue weighted by Crippen LogP contribution is 2.63. The summed E-state index contributed by atoms with van der Waals surface area (Å²) in [6.45, 7) is 5.62. The Morgan fingerprint density at radius 2 is 1.75 bits per heavy atom. The number of phenols is 1. The molecule has 172 valence electrons. The van der Waals surface area contributed by atoms with Crippen LogP contribution in [0.2, 0.25) is 0 Å². The Morgan fingerprint density at radius 3 is 2.47 bits per heavy atom. The molecule has 3 aliphatic carbocycles. The predicted octanol–water partition coefficient (Wildman–Crippen LogP) is 6.51. The number of aryl methyl sites for hydroxylation is 1. The number of methoxy groups -OCH3 is 2. The van der Waals surface area contributed by atoms with E-state index in [0.29, 0.717) is 23.6 Å². The molecule has 0 spiro atoms. The first kappa shape index (κ1) is 21.5. The topological polar surface area (TPSA) is 50.7 Å². The van der Waals surface area contributed by atoms with Crippen molar-refractivity contribution < 1.29 is 14.6 Å². The Balaban J connectivity index is 1.39. The zero-order chi connectivity index (χ0) is 22.5. The average Bonchev–Trinajstić information content (AvgIpc) is 3.11. The number of fused-ring (bicyclic) bond motifs is 5. The largest absolute Gasteiger partial charge is 0.508 e. The van der Waals surface area contributed by atoms with Crippen molar-refractivity contribution in [3.8, 4) is 17.2 Å². The molecule has 3 aliphatic rings. The van der Waals surface area contributed by atoms with Crippen LogP contribution in [0.5, 0.6) is 17.2 Å². The van der Waals surface area contributed by atoms with E-state index in [-0.39, 0.29) is 0 Å². The molecule has 0 radical (unpaired) electrons. The van der Waals surface area contributed by atoms with Crippen molar-refractivity contribution in [1.82, 2.24) is 0 Å². The second kappa shape index (κ2) is 8.20. The van der Waals surface area contributed by atoms with Crippen LogP contribution in [-0.2, 0) is 13.0 Å². The van der Waals surface area contributed by atoms with E-state index in [9.17, 15) is 5.11 Å². The molecule has 2 aromatic rings. The highest BCUT2D eigenvalue weighted by Gasteiger charge is 2.53. The van der Waals surface area contributed by atoms with Crippen LogP contribution in [0.3, 0.4) is 0 Å². The first-order chi connectivity index (χ1) is 15.4. The van der Waals surface area contributed by atoms with Crippen molar-refractivity contribution in [2.75, 3.05) is 19.5 Å². The summed E-state index contributed by atoms with van der Waals surface area (Å²) in [6, 6.07) is 10.1. The fraction of sp³-hybridized carbons (Fsp3) is 0.571. The number of rotatable bonds is 5. The molecule has 5 atom stereocenters. The van der Waals surface area contributed by atoms with Gasteiger partial charge in [0.2, 0.25) is 0 Å². The van der Waals surface area contributed by atoms with Gasteiger partial charge in [0.05, 0.1) is 14.2 Å². The summed E-state index contributed by atoms with van der Waals surface area (Å²) < 4.78 is 10.8. The van der Waals surface area contributed by atoms with Crippen LogP contribution in [-0.4, -0.2) is 19.3 Å². The number of hydrogen-bond donors (Lipinski definition) is 2. The van der Waals surface area contributed by atoms with Gasteiger partial charge < -0.3 is 19.9 Å². The molecule has 0 aliphatic heterocycles. The Morgan fingerprint density at radius 1 is 1.00 bits per heavy atom. The molecule has 0 bridgehead atoms. The van der Waals surface area contributed by atoms with Crippen LogP contribution in [0.25, 0.3) is 0 Å². The Bertz CT molecular complexity index is 980. The molecular weight excluding hydrogens is 398 g/mol. The van der Waals surface area contributed by atoms with Gasteiger partial charge in [-0.3, -0.25) is 0 Å². The standard InChI is InChI=1S/C28H37NO3/c1-17-5-8-26-24-7-6-18-12-27(30)19(11-25(18)23(24)9-10-28(17,26)2)16-29-20-13-21(31-3)15-22(14-20)32-4/h11-15,17,23-24,26,29-30H,5-10,16H2,1-4H3/t17-,23-,24+,26-,28+/m0/s1. The van der Waals surface area contributed by atoms with Crippen LogP contribution in [0.15, 0.2) is 30.3 Å². The molecule has 2 N–H and O–H groups in total. The van der Waals surface area contributed by atoms with E-state index in [2.05, 4.69) is 25.2 Å². The van der Waals surface area contributed by atoms with Gasteiger partial charge in [-0.15, -0.1) is 0 Å². The van der Waals surface area contributed by atoms with Gasteiger partial charge in [-0.2, -0.15) is 0 Å². The SMILES string of the molecule is COc1cc(NCc2cc3c(cc2O)CC[C@@H]2[C@@H]3CC[C@]3(C)[C@@H](C)CC[C@@H]23)cc(OC)c1. The van der Waals surface area contributed by atoms with E-state index in [0.717, 1.165) is 46.9 Å². The molecule has 4 nitrogen and oxygen atoms in total. The summed E-state index contributed by atoms with van der Waals surface area (Å²) >= 11 is 0. The van der Waals surface area contributed by atoms with Gasteiger partial charge in [0.15, 0.2) is 0 Å². The van der Waals surface area contributed by atoms with E-state index in [4.69, 9.17) is 9.47 Å². The van der Waals surface area contributed by atoms with E-state index in [1.807, 2.05) is 24.3 Å². The first-order valence-electron chi connectivity index (χ1n) is 12.2. The number of hydrogen-bond acceptors (Lipinski definition) is 4. The lowest BCUT2D eigenvalue weighted by molar-refractivity contribution is 0.0336. The predicted molar refractivity (Wildman–Crippen MR) is 129 cm³/mol. The van der Waals surface area contributed by atoms with Gasteiger partial charge in [-0.1, -0.05) is 13.8 Å². The van der Waals surface area contributed by atoms with Crippen LogP contribution in [0, 0.1) is 23.2 Å². The second-order valence-corrected chi connectivity index (χ2v) is 10.6. The molecule has 2 aromatic carbocycles. The Kier molecular flexibility index (Phi) is 5.51. The Labute approximate surface area is 192 Å². The molecule has 0 unspecified atom stereocenters. The van der Waals surface area contributed by atoms with Crippen molar-refractivity contribution in [1.29, 1.82) is 0 Å². The summed E-state index contributed by atoms with van der Waals surface area (Å²) in [5, 5.41) is 14.2. The van der Waals surface area contributed by atoms with Crippen molar-refractivity contribution in [3.63, 3.8) is 0 Å². The maximum absolute atomic E-state index is 10.8. The van der Waals surface area contributed by atoms with Crippen molar-refractivity contribution >= 4 is 5.69 Å². The van der Waals surface area contributed by atoms with Crippen LogP contribution in [0.1, 0.15) is 68.6 Å². The van der Waals surface area contributed by atoms with Gasteiger partial charge in [-0.25, -0.2) is 0 Å². The number of ether oxygens (including phenoxy) is 2. The van der Waals surface area contributed by atoms with E-state index < -0.39 is 0 Å². The molecule has 0 amide bonds. The Hall–Kier alpha value is -2.36. The third kappa shape index (κ3) is 3.52. The molecule has 2 saturated carbocycles. The third-order valence-electron chi connectivity index (χ3n) is 9.23. The van der Waals surface area contributed by atoms with Crippen molar-refractivity contribution in [3.05, 3.63) is 47.0 Å². The molecular formula is C28H37NO3. The van der Waals surface area contributed by atoms with Crippen LogP contribution in [0.4, 0.5) is 5.69 Å². The summed E-state index contributed by atoms with van der Waals surface area (Å²) in [5.74, 6) is 5.08. The fourth-order valence-electron chi connectivity index (χ4n) is 7.17. The maximum Gasteiger partial charge on any atom is 0.124 e. The number of benzene rings is 2.